The molecule has 3 fully saturated rings. The molecule has 3 amide bonds. The van der Waals surface area contributed by atoms with Gasteiger partial charge in [-0.3, -0.25) is 38.5 Å². The molecule has 402 valence electrons. The second-order valence-electron chi connectivity index (χ2n) is 18.1. The summed E-state index contributed by atoms with van der Waals surface area (Å²) in [5.41, 5.74) is 12.1. The maximum Gasteiger partial charge on any atom is 0.306 e. The predicted octanol–water partition coefficient (Wildman–Crippen LogP) is 10.4. The van der Waals surface area contributed by atoms with E-state index in [9.17, 15) is 28.8 Å². The number of amides is 3. The van der Waals surface area contributed by atoms with Crippen molar-refractivity contribution in [2.75, 3.05) is 68.5 Å². The van der Waals surface area contributed by atoms with Crippen LogP contribution in [0.25, 0.3) is 16.8 Å². The number of aliphatic carboxylic acids is 1. The van der Waals surface area contributed by atoms with E-state index in [1.54, 1.807) is 84.5 Å². The van der Waals surface area contributed by atoms with Gasteiger partial charge in [0, 0.05) is 123 Å². The number of nitrogens with two attached hydrogens (primary N) is 1. The zero-order chi connectivity index (χ0) is 55.7. The molecule has 0 aliphatic carbocycles. The van der Waals surface area contributed by atoms with E-state index in [-0.39, 0.29) is 35.5 Å². The number of nitrogens with zero attached hydrogens (tertiary/aromatic N) is 6. The Morgan fingerprint density at radius 2 is 1.30 bits per heavy atom. The number of carbonyl (C=O) groups excluding carboxylic acids is 3. The lowest BCUT2D eigenvalue weighted by atomic mass is 9.85. The lowest BCUT2D eigenvalue weighted by Gasteiger charge is -2.21. The summed E-state index contributed by atoms with van der Waals surface area (Å²) in [5, 5.41) is 31.5. The quantitative estimate of drug-likeness (QED) is 0.0855. The van der Waals surface area contributed by atoms with E-state index in [2.05, 4.69) is 73.9 Å². The number of aromatic nitrogens is 5. The molecule has 0 saturated carbocycles. The molecular weight excluding hydrogens is 1110 g/mol. The molecule has 0 radical (unpaired) electrons. The second kappa shape index (κ2) is 30.6. The Morgan fingerprint density at radius 3 is 1.83 bits per heavy atom. The number of nitrogen functional groups attached to an aromatic ring is 1. The van der Waals surface area contributed by atoms with Crippen LogP contribution in [0.15, 0.2) is 119 Å². The predicted molar refractivity (Wildman–Crippen MR) is 295 cm³/mol. The SMILES string of the molecule is Cc1ccc(NC(=O)c2cccc(C(C)(C)C#N)c2)cc1-n1cc(-c2cnccc2NC(=O)C2CCOCC2)cn1.Nc1ccncc1Br.O=C(Nc1ccncc1Br)C1CCOCC1.O=C(O)C1CCOCC1.[2H]CF. The number of rotatable bonds is 10. The lowest BCUT2D eigenvalue weighted by Crippen LogP contribution is -2.28. The van der Waals surface area contributed by atoms with Crippen molar-refractivity contribution < 1.29 is 44.3 Å². The summed E-state index contributed by atoms with van der Waals surface area (Å²) in [6.45, 7) is 9.38. The van der Waals surface area contributed by atoms with Crippen molar-refractivity contribution in [2.24, 2.45) is 17.8 Å². The van der Waals surface area contributed by atoms with Gasteiger partial charge in [0.25, 0.3) is 5.91 Å². The molecule has 3 saturated heterocycles. The Bertz CT molecular complexity index is 2910. The van der Waals surface area contributed by atoms with E-state index in [0.29, 0.717) is 82.3 Å². The van der Waals surface area contributed by atoms with Crippen LogP contribution in [0.1, 0.15) is 75.2 Å². The van der Waals surface area contributed by atoms with Gasteiger partial charge in [0.15, 0.2) is 0 Å². The first kappa shape index (κ1) is 58.3. The van der Waals surface area contributed by atoms with Crippen LogP contribution >= 0.6 is 31.9 Å². The van der Waals surface area contributed by atoms with E-state index in [1.807, 2.05) is 51.2 Å². The summed E-state index contributed by atoms with van der Waals surface area (Å²) in [7, 11) is -1.00. The molecule has 6 aromatic rings. The normalized spacial score (nSPS) is 14.8. The minimum atomic E-state index is -1.00. The van der Waals surface area contributed by atoms with Gasteiger partial charge in [0.2, 0.25) is 11.8 Å². The highest BCUT2D eigenvalue weighted by molar-refractivity contribution is 9.11. The number of ether oxygens (including phenoxy) is 3. The molecule has 2 aromatic carbocycles. The van der Waals surface area contributed by atoms with Crippen LogP contribution in [0.2, 0.25) is 0 Å². The summed E-state index contributed by atoms with van der Waals surface area (Å²) in [4.78, 5) is 60.2. The number of halogens is 3. The molecule has 21 heteroatoms. The number of anilines is 4. The molecule has 3 aliphatic heterocycles. The number of hydrogen-bond acceptors (Lipinski definition) is 13. The molecule has 0 unspecified atom stereocenters. The van der Waals surface area contributed by atoms with Gasteiger partial charge in [0.05, 0.1) is 58.1 Å². The highest BCUT2D eigenvalue weighted by Gasteiger charge is 2.25. The number of aryl methyl sites for hydroxylation is 1. The fourth-order valence-electron chi connectivity index (χ4n) is 7.77. The second-order valence-corrected chi connectivity index (χ2v) is 19.8. The number of hydrogen-bond donors (Lipinski definition) is 5. The Kier molecular flexibility index (Phi) is 23.4. The number of pyridine rings is 3. The molecule has 4 aromatic heterocycles. The van der Waals surface area contributed by atoms with E-state index in [1.165, 1.54) is 0 Å². The van der Waals surface area contributed by atoms with Gasteiger partial charge in [-0.1, -0.05) is 18.2 Å². The van der Waals surface area contributed by atoms with Crippen LogP contribution < -0.4 is 21.7 Å². The Hall–Kier alpha value is -6.96. The number of nitriles is 1. The topological polar surface area (TPSA) is 259 Å². The van der Waals surface area contributed by atoms with Crippen LogP contribution in [0, 0.1) is 36.0 Å². The third-order valence-electron chi connectivity index (χ3n) is 12.4. The Morgan fingerprint density at radius 1 is 0.763 bits per heavy atom. The van der Waals surface area contributed by atoms with Gasteiger partial charge < -0.3 is 41.0 Å². The van der Waals surface area contributed by atoms with Gasteiger partial charge in [-0.25, -0.2) is 4.68 Å². The van der Waals surface area contributed by atoms with Crippen molar-refractivity contribution in [3.8, 4) is 22.9 Å². The molecule has 0 atom stereocenters. The van der Waals surface area contributed by atoms with Gasteiger partial charge >= 0.3 is 5.97 Å². The third kappa shape index (κ3) is 18.1. The average molecular weight is 1170 g/mol. The molecule has 3 aliphatic rings. The zero-order valence-corrected chi connectivity index (χ0v) is 45.7. The van der Waals surface area contributed by atoms with Crippen LogP contribution in [-0.2, 0) is 34.0 Å². The molecule has 76 heavy (non-hydrogen) atoms. The smallest absolute Gasteiger partial charge is 0.306 e. The highest BCUT2D eigenvalue weighted by Crippen LogP contribution is 2.31. The molecule has 18 nitrogen and oxygen atoms in total. The van der Waals surface area contributed by atoms with Crippen LogP contribution in [0.3, 0.4) is 0 Å². The maximum atomic E-state index is 13.1. The summed E-state index contributed by atoms with van der Waals surface area (Å²) >= 11 is 6.55. The highest BCUT2D eigenvalue weighted by atomic mass is 79.9. The summed E-state index contributed by atoms with van der Waals surface area (Å²) in [6.07, 6.45) is 18.0. The molecule has 7 heterocycles. The third-order valence-corrected chi connectivity index (χ3v) is 13.7. The van der Waals surface area contributed by atoms with Gasteiger partial charge in [-0.2, -0.15) is 10.4 Å². The monoisotopic (exact) mass is 1170 g/mol. The number of carbonyl (C=O) groups is 4. The van der Waals surface area contributed by atoms with E-state index in [0.717, 1.165) is 61.1 Å². The molecule has 6 N–H and O–H groups in total. The van der Waals surface area contributed by atoms with Crippen LogP contribution in [0.5, 0.6) is 0 Å². The van der Waals surface area contributed by atoms with Crippen molar-refractivity contribution in [3.05, 3.63) is 136 Å². The largest absolute Gasteiger partial charge is 0.481 e. The van der Waals surface area contributed by atoms with Crippen molar-refractivity contribution in [3.63, 3.8) is 0 Å². The summed E-state index contributed by atoms with van der Waals surface area (Å²) in [6, 6.07) is 20.3. The minimum Gasteiger partial charge on any atom is -0.481 e. The number of alkyl halides is 1. The van der Waals surface area contributed by atoms with Gasteiger partial charge in [-0.05, 0) is 145 Å². The molecule has 9 rings (SSSR count). The minimum absolute atomic E-state index is 0.0193. The van der Waals surface area contributed by atoms with Crippen molar-refractivity contribution >= 4 is 78.3 Å². The standard InChI is InChI=1S/C32H32N6O3.C11H13BrN2O2.C6H10O3.C5H5BrN2.CH3F/c1-21-7-8-26(36-31(40)23-5-4-6-25(15-23)32(2,3)20-33)16-29(21)38-19-24(17-35-38)27-18-34-12-9-28(27)37-30(39)22-10-13-41-14-11-22;12-9-7-13-4-1-10(9)14-11(15)8-2-5-16-6-3-8;7-6(8)5-1-3-9-4-2-5;6-4-3-8-2-1-5(4)7;1-2/h4-9,12,15-19,22H,10-11,13-14H2,1-3H3,(H,36,40)(H,34,37,39);1,4,7-8H,2-3,5-6H2,(H,13,14,15);5H,1-4H2,(H,7,8);1-3H,(H2,7,8);1H3/i;;;;1D. The first-order valence-corrected chi connectivity index (χ1v) is 25.9. The van der Waals surface area contributed by atoms with E-state index >= 15 is 0 Å². The first-order chi connectivity index (χ1) is 37.0. The fourth-order valence-corrected chi connectivity index (χ4v) is 8.37. The Labute approximate surface area is 460 Å². The molecular formula is C55H63Br2FN10O8. The lowest BCUT2D eigenvalue weighted by molar-refractivity contribution is -0.144. The van der Waals surface area contributed by atoms with Crippen molar-refractivity contribution in [2.45, 2.75) is 64.7 Å². The summed E-state index contributed by atoms with van der Waals surface area (Å²) in [5.74, 6) is -1.07. The van der Waals surface area contributed by atoms with Crippen molar-refractivity contribution in [1.29, 1.82) is 5.26 Å². The van der Waals surface area contributed by atoms with Crippen LogP contribution in [0.4, 0.5) is 27.1 Å². The average Bonchev–Trinajstić information content (AvgIpc) is 3.95. The van der Waals surface area contributed by atoms with E-state index < -0.39 is 18.5 Å². The molecule has 0 spiro atoms. The van der Waals surface area contributed by atoms with E-state index in [4.69, 9.17) is 26.4 Å². The summed E-state index contributed by atoms with van der Waals surface area (Å²) < 4.78 is 34.5. The van der Waals surface area contributed by atoms with Crippen LogP contribution in [-0.4, -0.2) is 100 Å². The maximum absolute atomic E-state index is 13.1. The number of nitrogens with one attached hydrogen (secondary N) is 3. The number of carboxylic acid groups (broad SMARTS) is 1. The molecule has 0 bridgehead atoms. The Balaban J connectivity index is 0.000000244. The zero-order valence-electron chi connectivity index (χ0n) is 43.5. The fraction of sp³-hybridized carbons (Fsp3) is 0.364. The number of carboxylic acids is 1. The first-order valence-electron chi connectivity index (χ1n) is 25.1. The van der Waals surface area contributed by atoms with Gasteiger partial charge in [0.1, 0.15) is 0 Å². The number of benzene rings is 2. The van der Waals surface area contributed by atoms with Gasteiger partial charge in [-0.15, -0.1) is 0 Å². The van der Waals surface area contributed by atoms with Crippen molar-refractivity contribution in [1.82, 2.24) is 24.7 Å².